The van der Waals surface area contributed by atoms with Crippen LogP contribution in [-0.4, -0.2) is 41.8 Å². The van der Waals surface area contributed by atoms with Gasteiger partial charge in [0.2, 0.25) is 0 Å². The Morgan fingerprint density at radius 3 is 2.86 bits per heavy atom. The molecule has 2 fully saturated rings. The van der Waals surface area contributed by atoms with Gasteiger partial charge in [-0.15, -0.1) is 0 Å². The van der Waals surface area contributed by atoms with Crippen molar-refractivity contribution in [3.05, 3.63) is 11.9 Å². The molecule has 116 valence electrons. The maximum atomic E-state index is 5.73. The fraction of sp³-hybridized carbons (Fsp3) is 0.750. The monoisotopic (exact) mass is 290 g/mol. The van der Waals surface area contributed by atoms with Crippen LogP contribution in [0.15, 0.2) is 6.07 Å². The number of morpholine rings is 1. The van der Waals surface area contributed by atoms with Gasteiger partial charge in [-0.2, -0.15) is 0 Å². The minimum absolute atomic E-state index is 0.257. The van der Waals surface area contributed by atoms with Gasteiger partial charge in [-0.25, -0.2) is 9.97 Å². The molecule has 0 bridgehead atoms. The molecule has 2 atom stereocenters. The maximum absolute atomic E-state index is 5.73. The Morgan fingerprint density at radius 2 is 2.14 bits per heavy atom. The molecule has 2 heterocycles. The van der Waals surface area contributed by atoms with Crippen molar-refractivity contribution < 1.29 is 4.74 Å². The first-order chi connectivity index (χ1) is 10.2. The smallest absolute Gasteiger partial charge is 0.136 e. The van der Waals surface area contributed by atoms with Gasteiger partial charge in [0.1, 0.15) is 17.5 Å². The second-order valence-electron chi connectivity index (χ2n) is 6.32. The van der Waals surface area contributed by atoms with Gasteiger partial charge in [-0.3, -0.25) is 0 Å². The molecule has 1 aliphatic heterocycles. The predicted octanol–water partition coefficient (Wildman–Crippen LogP) is 2.79. The fourth-order valence-electron chi connectivity index (χ4n) is 2.69. The number of nitrogens with one attached hydrogen (secondary N) is 1. The molecule has 21 heavy (non-hydrogen) atoms. The first-order valence-electron chi connectivity index (χ1n) is 8.18. The van der Waals surface area contributed by atoms with Crippen LogP contribution in [-0.2, 0) is 4.74 Å². The minimum atomic E-state index is 0.257. The summed E-state index contributed by atoms with van der Waals surface area (Å²) < 4.78 is 5.73. The Kier molecular flexibility index (Phi) is 4.29. The highest BCUT2D eigenvalue weighted by Crippen LogP contribution is 2.39. The number of hydrogen-bond donors (Lipinski definition) is 1. The van der Waals surface area contributed by atoms with Gasteiger partial charge in [0.25, 0.3) is 0 Å². The van der Waals surface area contributed by atoms with Gasteiger partial charge >= 0.3 is 0 Å². The first kappa shape index (κ1) is 14.6. The Labute approximate surface area is 127 Å². The highest BCUT2D eigenvalue weighted by Gasteiger charge is 2.30. The van der Waals surface area contributed by atoms with Gasteiger partial charge < -0.3 is 15.0 Å². The molecule has 0 amide bonds. The average Bonchev–Trinajstić information content (AvgIpc) is 3.32. The lowest BCUT2D eigenvalue weighted by atomic mass is 10.2. The van der Waals surface area contributed by atoms with E-state index in [4.69, 9.17) is 14.7 Å². The van der Waals surface area contributed by atoms with E-state index < -0.39 is 0 Å². The van der Waals surface area contributed by atoms with Gasteiger partial charge in [0.05, 0.1) is 18.8 Å². The third-order valence-corrected chi connectivity index (χ3v) is 4.13. The van der Waals surface area contributed by atoms with E-state index in [1.165, 1.54) is 12.8 Å². The van der Waals surface area contributed by atoms with E-state index in [9.17, 15) is 0 Å². The summed E-state index contributed by atoms with van der Waals surface area (Å²) >= 11 is 0. The summed E-state index contributed by atoms with van der Waals surface area (Å²) in [5, 5.41) is 3.41. The van der Waals surface area contributed by atoms with Crippen LogP contribution < -0.4 is 10.2 Å². The van der Waals surface area contributed by atoms with Gasteiger partial charge in [-0.1, -0.05) is 6.92 Å². The molecular formula is C16H26N4O. The molecule has 0 aromatic carbocycles. The lowest BCUT2D eigenvalue weighted by molar-refractivity contribution is 0.0340. The summed E-state index contributed by atoms with van der Waals surface area (Å²) in [6.45, 7) is 9.11. The number of rotatable bonds is 5. The zero-order valence-electron chi connectivity index (χ0n) is 13.3. The summed E-state index contributed by atoms with van der Waals surface area (Å²) in [6, 6.07) is 2.46. The van der Waals surface area contributed by atoms with E-state index in [1.807, 2.05) is 0 Å². The molecule has 1 N–H and O–H groups in total. The van der Waals surface area contributed by atoms with E-state index in [2.05, 4.69) is 37.1 Å². The molecule has 2 aliphatic rings. The molecule has 0 spiro atoms. The molecule has 5 heteroatoms. The van der Waals surface area contributed by atoms with Crippen LogP contribution in [0, 0.1) is 0 Å². The number of anilines is 2. The number of hydrogen-bond acceptors (Lipinski definition) is 5. The van der Waals surface area contributed by atoms with Crippen LogP contribution >= 0.6 is 0 Å². The van der Waals surface area contributed by atoms with Gasteiger partial charge in [0.15, 0.2) is 0 Å². The molecule has 1 saturated carbocycles. The summed E-state index contributed by atoms with van der Waals surface area (Å²) in [6.07, 6.45) is 3.81. The van der Waals surface area contributed by atoms with E-state index >= 15 is 0 Å². The van der Waals surface area contributed by atoms with Crippen molar-refractivity contribution in [1.29, 1.82) is 0 Å². The number of ether oxygens (including phenoxy) is 1. The Hall–Kier alpha value is -1.36. The molecule has 3 rings (SSSR count). The molecule has 1 saturated heterocycles. The van der Waals surface area contributed by atoms with Gasteiger partial charge in [-0.05, 0) is 33.1 Å². The van der Waals surface area contributed by atoms with Gasteiger partial charge in [0, 0.05) is 25.1 Å². The van der Waals surface area contributed by atoms with Crippen molar-refractivity contribution in [2.45, 2.75) is 58.1 Å². The van der Waals surface area contributed by atoms with Crippen LogP contribution in [0.3, 0.4) is 0 Å². The Bertz CT molecular complexity index is 489. The minimum Gasteiger partial charge on any atom is -0.375 e. The van der Waals surface area contributed by atoms with Crippen LogP contribution in [0.5, 0.6) is 0 Å². The van der Waals surface area contributed by atoms with Crippen LogP contribution in [0.1, 0.15) is 51.8 Å². The average molecular weight is 290 g/mol. The number of aromatic nitrogens is 2. The second-order valence-corrected chi connectivity index (χ2v) is 6.32. The van der Waals surface area contributed by atoms with Crippen molar-refractivity contribution in [3.8, 4) is 0 Å². The zero-order valence-corrected chi connectivity index (χ0v) is 13.3. The first-order valence-corrected chi connectivity index (χ1v) is 8.18. The van der Waals surface area contributed by atoms with Crippen molar-refractivity contribution >= 4 is 11.6 Å². The number of nitrogens with zero attached hydrogens (tertiary/aromatic N) is 3. The summed E-state index contributed by atoms with van der Waals surface area (Å²) in [4.78, 5) is 11.9. The molecule has 1 aliphatic carbocycles. The molecular weight excluding hydrogens is 264 g/mol. The van der Waals surface area contributed by atoms with Crippen molar-refractivity contribution in [3.63, 3.8) is 0 Å². The molecule has 1 aromatic rings. The molecule has 5 nitrogen and oxygen atoms in total. The maximum Gasteiger partial charge on any atom is 0.136 e. The normalized spacial score (nSPS) is 26.0. The molecule has 2 unspecified atom stereocenters. The largest absolute Gasteiger partial charge is 0.375 e. The summed E-state index contributed by atoms with van der Waals surface area (Å²) in [7, 11) is 0. The third kappa shape index (κ3) is 3.46. The standard InChI is InChI=1S/C16H26N4O/c1-4-7-17-14-8-15(19-16(18-14)13-5-6-13)20-9-12(3)21-10-11(20)2/h8,11-13H,4-7,9-10H2,1-3H3,(H,17,18,19). The van der Waals surface area contributed by atoms with E-state index in [1.54, 1.807) is 0 Å². The summed E-state index contributed by atoms with van der Waals surface area (Å²) in [5.41, 5.74) is 0. The van der Waals surface area contributed by atoms with Crippen LogP contribution in [0.2, 0.25) is 0 Å². The molecule has 0 radical (unpaired) electrons. The highest BCUT2D eigenvalue weighted by molar-refractivity contribution is 5.51. The Morgan fingerprint density at radius 1 is 1.33 bits per heavy atom. The van der Waals surface area contributed by atoms with Crippen molar-refractivity contribution in [2.24, 2.45) is 0 Å². The topological polar surface area (TPSA) is 50.3 Å². The highest BCUT2D eigenvalue weighted by atomic mass is 16.5. The third-order valence-electron chi connectivity index (χ3n) is 4.13. The van der Waals surface area contributed by atoms with E-state index in [0.29, 0.717) is 12.0 Å². The predicted molar refractivity (Wildman–Crippen MR) is 85.0 cm³/mol. The van der Waals surface area contributed by atoms with Crippen molar-refractivity contribution in [2.75, 3.05) is 29.9 Å². The quantitative estimate of drug-likeness (QED) is 0.903. The second kappa shape index (κ2) is 6.18. The lowest BCUT2D eigenvalue weighted by Crippen LogP contribution is -2.47. The van der Waals surface area contributed by atoms with E-state index in [0.717, 1.165) is 43.6 Å². The lowest BCUT2D eigenvalue weighted by Gasteiger charge is -2.37. The van der Waals surface area contributed by atoms with Crippen LogP contribution in [0.4, 0.5) is 11.6 Å². The van der Waals surface area contributed by atoms with E-state index in [-0.39, 0.29) is 6.10 Å². The van der Waals surface area contributed by atoms with Crippen LogP contribution in [0.25, 0.3) is 0 Å². The zero-order chi connectivity index (χ0) is 14.8. The summed E-state index contributed by atoms with van der Waals surface area (Å²) in [5.74, 6) is 3.60. The van der Waals surface area contributed by atoms with Crippen molar-refractivity contribution in [1.82, 2.24) is 9.97 Å². The Balaban J connectivity index is 1.86. The molecule has 1 aromatic heterocycles. The fourth-order valence-corrected chi connectivity index (χ4v) is 2.69. The SMILES string of the molecule is CCCNc1cc(N2CC(C)OCC2C)nc(C2CC2)n1.